The number of rotatable bonds is 2. The number of aromatic nitrogens is 3. The zero-order chi connectivity index (χ0) is 24.4. The number of aryl methyl sites for hydroxylation is 2. The summed E-state index contributed by atoms with van der Waals surface area (Å²) in [6, 6.07) is 22.7. The molecule has 0 amide bonds. The number of nitrogens with one attached hydrogen (secondary N) is 1. The number of nitrogens with zero attached hydrogens (tertiary/aromatic N) is 3. The lowest BCUT2D eigenvalue weighted by atomic mass is 9.99. The Morgan fingerprint density at radius 1 is 0.857 bits per heavy atom. The minimum atomic E-state index is -0.380. The van der Waals surface area contributed by atoms with Crippen LogP contribution in [-0.2, 0) is 14.1 Å². The first-order valence-corrected chi connectivity index (χ1v) is 11.4. The van der Waals surface area contributed by atoms with Gasteiger partial charge >= 0.3 is 5.69 Å². The Kier molecular flexibility index (Phi) is 4.51. The van der Waals surface area contributed by atoms with Gasteiger partial charge in [0.05, 0.1) is 39.7 Å². The molecule has 0 spiro atoms. The van der Waals surface area contributed by atoms with Crippen LogP contribution in [0.4, 0.5) is 5.69 Å². The van der Waals surface area contributed by atoms with E-state index in [0.717, 1.165) is 39.5 Å². The lowest BCUT2D eigenvalue weighted by Crippen LogP contribution is -2.37. The van der Waals surface area contributed by atoms with Gasteiger partial charge in [0.2, 0.25) is 0 Å². The van der Waals surface area contributed by atoms with E-state index in [1.807, 2.05) is 67.6 Å². The van der Waals surface area contributed by atoms with Gasteiger partial charge < -0.3 is 15.0 Å². The topological polar surface area (TPSA) is 81.2 Å². The molecule has 5 aromatic rings. The van der Waals surface area contributed by atoms with E-state index >= 15 is 0 Å². The fourth-order valence-electron chi connectivity index (χ4n) is 5.12. The molecular weight excluding hydrogens is 440 g/mol. The molecule has 0 bridgehead atoms. The van der Waals surface area contributed by atoms with E-state index in [0.29, 0.717) is 10.9 Å². The second-order valence-electron chi connectivity index (χ2n) is 9.05. The lowest BCUT2D eigenvalue weighted by molar-refractivity contribution is 0.475. The van der Waals surface area contributed by atoms with Crippen molar-refractivity contribution in [3.63, 3.8) is 0 Å². The largest absolute Gasteiger partial charge is 0.508 e. The Labute approximate surface area is 201 Å². The molecule has 2 N–H and O–H groups in total. The van der Waals surface area contributed by atoms with Crippen molar-refractivity contribution in [1.82, 2.24) is 13.7 Å². The van der Waals surface area contributed by atoms with Crippen molar-refractivity contribution in [2.24, 2.45) is 14.1 Å². The van der Waals surface area contributed by atoms with Crippen LogP contribution in [0.5, 0.6) is 5.75 Å². The van der Waals surface area contributed by atoms with Crippen LogP contribution in [0.15, 0.2) is 82.4 Å². The first-order chi connectivity index (χ1) is 16.9. The number of hydrogen-bond acceptors (Lipinski definition) is 4. The van der Waals surface area contributed by atoms with Crippen molar-refractivity contribution in [3.05, 3.63) is 110 Å². The summed E-state index contributed by atoms with van der Waals surface area (Å²) in [6.07, 6.45) is 0. The molecule has 2 aromatic heterocycles. The van der Waals surface area contributed by atoms with Crippen LogP contribution in [0.1, 0.15) is 22.9 Å². The quantitative estimate of drug-likeness (QED) is 0.410. The average molecular weight is 465 g/mol. The molecular formula is C28H24N4O3. The fraction of sp³-hybridized carbons (Fsp3) is 0.143. The number of para-hydroxylation sites is 2. The van der Waals surface area contributed by atoms with Crippen LogP contribution in [0.3, 0.4) is 0 Å². The molecule has 0 aliphatic carbocycles. The number of phenolic OH excluding ortho intramolecular Hbond substituents is 1. The van der Waals surface area contributed by atoms with Crippen LogP contribution in [-0.4, -0.2) is 18.8 Å². The summed E-state index contributed by atoms with van der Waals surface area (Å²) in [7, 11) is 3.22. The van der Waals surface area contributed by atoms with Gasteiger partial charge in [-0.1, -0.05) is 54.1 Å². The maximum Gasteiger partial charge on any atom is 0.331 e. The molecule has 1 unspecified atom stereocenters. The van der Waals surface area contributed by atoms with E-state index in [1.165, 1.54) is 11.6 Å². The zero-order valence-corrected chi connectivity index (χ0v) is 19.6. The summed E-state index contributed by atoms with van der Waals surface area (Å²) in [6.45, 7) is 2.03. The van der Waals surface area contributed by atoms with Gasteiger partial charge in [-0.25, -0.2) is 4.79 Å². The smallest absolute Gasteiger partial charge is 0.331 e. The molecule has 0 saturated heterocycles. The maximum atomic E-state index is 13.7. The van der Waals surface area contributed by atoms with E-state index in [4.69, 9.17) is 0 Å². The first-order valence-electron chi connectivity index (χ1n) is 11.4. The van der Waals surface area contributed by atoms with E-state index < -0.39 is 0 Å². The van der Waals surface area contributed by atoms with E-state index in [-0.39, 0.29) is 23.0 Å². The van der Waals surface area contributed by atoms with E-state index in [9.17, 15) is 14.7 Å². The minimum Gasteiger partial charge on any atom is -0.508 e. The highest BCUT2D eigenvalue weighted by Gasteiger charge is 2.34. The Morgan fingerprint density at radius 2 is 1.54 bits per heavy atom. The van der Waals surface area contributed by atoms with Gasteiger partial charge in [-0.05, 0) is 42.3 Å². The summed E-state index contributed by atoms with van der Waals surface area (Å²) in [5.41, 5.74) is 6.16. The summed E-state index contributed by atoms with van der Waals surface area (Å²) in [5.74, 6) is 0.173. The number of benzene rings is 3. The molecule has 1 atom stereocenters. The van der Waals surface area contributed by atoms with Crippen molar-refractivity contribution in [2.75, 3.05) is 5.32 Å². The Balaban J connectivity index is 1.85. The van der Waals surface area contributed by atoms with E-state index in [1.54, 1.807) is 23.7 Å². The third kappa shape index (κ3) is 2.98. The van der Waals surface area contributed by atoms with Crippen molar-refractivity contribution in [2.45, 2.75) is 13.0 Å². The second-order valence-corrected chi connectivity index (χ2v) is 9.05. The molecule has 0 saturated carbocycles. The molecule has 174 valence electrons. The highest BCUT2D eigenvalue weighted by atomic mass is 16.3. The van der Waals surface area contributed by atoms with Crippen LogP contribution in [0, 0.1) is 6.92 Å². The zero-order valence-electron chi connectivity index (χ0n) is 19.6. The fourth-order valence-corrected chi connectivity index (χ4v) is 5.12. The third-order valence-electron chi connectivity index (χ3n) is 6.88. The summed E-state index contributed by atoms with van der Waals surface area (Å²) >= 11 is 0. The molecule has 0 radical (unpaired) electrons. The van der Waals surface area contributed by atoms with Crippen LogP contribution < -0.4 is 16.6 Å². The molecule has 3 aromatic carbocycles. The van der Waals surface area contributed by atoms with Crippen molar-refractivity contribution >= 4 is 16.6 Å². The van der Waals surface area contributed by atoms with Crippen LogP contribution >= 0.6 is 0 Å². The van der Waals surface area contributed by atoms with Gasteiger partial charge in [0.1, 0.15) is 5.75 Å². The normalized spacial score (nSPS) is 14.4. The van der Waals surface area contributed by atoms with Crippen LogP contribution in [0.2, 0.25) is 0 Å². The Hall–Kier alpha value is -4.52. The van der Waals surface area contributed by atoms with Crippen molar-refractivity contribution < 1.29 is 5.11 Å². The second kappa shape index (κ2) is 7.50. The van der Waals surface area contributed by atoms with Crippen molar-refractivity contribution in [1.29, 1.82) is 0 Å². The number of hydrogen-bond donors (Lipinski definition) is 2. The maximum absolute atomic E-state index is 13.7. The number of phenols is 1. The molecule has 35 heavy (non-hydrogen) atoms. The monoisotopic (exact) mass is 464 g/mol. The predicted octanol–water partition coefficient (Wildman–Crippen LogP) is 4.22. The van der Waals surface area contributed by atoms with Gasteiger partial charge in [-0.3, -0.25) is 13.9 Å². The molecule has 1 aliphatic rings. The summed E-state index contributed by atoms with van der Waals surface area (Å²) in [4.78, 5) is 26.7. The highest BCUT2D eigenvalue weighted by molar-refractivity contribution is 5.99. The number of fused-ring (bicyclic) bond motifs is 5. The Bertz CT molecular complexity index is 1740. The third-order valence-corrected chi connectivity index (χ3v) is 6.88. The molecule has 6 rings (SSSR count). The predicted molar refractivity (Wildman–Crippen MR) is 138 cm³/mol. The molecule has 1 aliphatic heterocycles. The van der Waals surface area contributed by atoms with Gasteiger partial charge in [0, 0.05) is 14.1 Å². The van der Waals surface area contributed by atoms with Gasteiger partial charge in [0.25, 0.3) is 5.56 Å². The molecule has 3 heterocycles. The van der Waals surface area contributed by atoms with Crippen molar-refractivity contribution in [3.8, 4) is 22.7 Å². The SMILES string of the molecule is Cc1ccc(-c2c3c(=O)n(C)c(=O)n(C)c3c3n2-c2ccccc2NC3c2ccc(O)cc2)cc1. The number of aromatic hydroxyl groups is 1. The molecule has 7 heteroatoms. The van der Waals surface area contributed by atoms with E-state index in [2.05, 4.69) is 9.88 Å². The first kappa shape index (κ1) is 21.0. The minimum absolute atomic E-state index is 0.173. The average Bonchev–Trinajstić information content (AvgIpc) is 3.23. The highest BCUT2D eigenvalue weighted by Crippen LogP contribution is 2.45. The van der Waals surface area contributed by atoms with Gasteiger partial charge in [-0.2, -0.15) is 0 Å². The van der Waals surface area contributed by atoms with Gasteiger partial charge in [0.15, 0.2) is 0 Å². The lowest BCUT2D eigenvalue weighted by Gasteiger charge is -2.31. The summed E-state index contributed by atoms with van der Waals surface area (Å²) < 4.78 is 4.84. The summed E-state index contributed by atoms with van der Waals surface area (Å²) in [5, 5.41) is 14.0. The van der Waals surface area contributed by atoms with Gasteiger partial charge in [-0.15, -0.1) is 0 Å². The van der Waals surface area contributed by atoms with Crippen LogP contribution in [0.25, 0.3) is 27.8 Å². The number of anilines is 1. The standard InChI is InChI=1S/C28H24N4O3/c1-16-8-10-18(11-9-16)24-22-25(30(2)28(35)31(3)27(22)34)26-23(17-12-14-19(33)15-13-17)29-20-6-4-5-7-21(20)32(24)26/h4-15,23,29,33H,1-3H3. The Morgan fingerprint density at radius 3 is 2.26 bits per heavy atom. The molecule has 7 nitrogen and oxygen atoms in total. The molecule has 0 fully saturated rings.